The lowest BCUT2D eigenvalue weighted by molar-refractivity contribution is 0.0725. The highest BCUT2D eigenvalue weighted by Gasteiger charge is 2.21. The van der Waals surface area contributed by atoms with E-state index in [0.717, 1.165) is 38.8 Å². The fraction of sp³-hybridized carbons (Fsp3) is 0.375. The van der Waals surface area contributed by atoms with Gasteiger partial charge < -0.3 is 15.0 Å². The molecular formula is C24H29N3O3S. The van der Waals surface area contributed by atoms with E-state index >= 15 is 0 Å². The minimum absolute atomic E-state index is 0.0215. The van der Waals surface area contributed by atoms with Crippen molar-refractivity contribution in [1.29, 1.82) is 0 Å². The molecule has 2 amide bonds. The van der Waals surface area contributed by atoms with Crippen LogP contribution in [0.15, 0.2) is 48.5 Å². The van der Waals surface area contributed by atoms with Crippen LogP contribution in [0.2, 0.25) is 0 Å². The maximum atomic E-state index is 12.9. The van der Waals surface area contributed by atoms with Gasteiger partial charge in [0.15, 0.2) is 5.11 Å². The molecule has 2 aromatic rings. The Morgan fingerprint density at radius 3 is 2.58 bits per heavy atom. The number of piperidine rings is 1. The number of hydrogen-bond acceptors (Lipinski definition) is 4. The first-order valence-electron chi connectivity index (χ1n) is 10.7. The van der Waals surface area contributed by atoms with Gasteiger partial charge in [-0.05, 0) is 75.2 Å². The van der Waals surface area contributed by atoms with Crippen molar-refractivity contribution in [2.45, 2.75) is 45.6 Å². The van der Waals surface area contributed by atoms with Gasteiger partial charge in [-0.2, -0.15) is 0 Å². The average molecular weight is 440 g/mol. The molecule has 31 heavy (non-hydrogen) atoms. The molecule has 1 saturated heterocycles. The SMILES string of the molecule is CCC(C)Oc1cccc(C(=O)NC(=S)Nc2ccccc2C(=O)N2CCCCC2)c1. The number of rotatable bonds is 6. The largest absolute Gasteiger partial charge is 0.491 e. The molecule has 6 nitrogen and oxygen atoms in total. The Balaban J connectivity index is 1.65. The molecule has 1 atom stereocenters. The maximum Gasteiger partial charge on any atom is 0.257 e. The maximum absolute atomic E-state index is 12.9. The summed E-state index contributed by atoms with van der Waals surface area (Å²) in [5.74, 6) is 0.275. The van der Waals surface area contributed by atoms with Gasteiger partial charge >= 0.3 is 0 Å². The number of benzene rings is 2. The normalized spacial score (nSPS) is 14.5. The first-order valence-corrected chi connectivity index (χ1v) is 11.2. The Morgan fingerprint density at radius 2 is 1.84 bits per heavy atom. The number of ether oxygens (including phenoxy) is 1. The minimum Gasteiger partial charge on any atom is -0.491 e. The van der Waals surface area contributed by atoms with Crippen LogP contribution in [0.1, 0.15) is 60.2 Å². The molecular weight excluding hydrogens is 410 g/mol. The predicted octanol–water partition coefficient (Wildman–Crippen LogP) is 4.62. The summed E-state index contributed by atoms with van der Waals surface area (Å²) in [7, 11) is 0. The van der Waals surface area contributed by atoms with Crippen LogP contribution in [-0.4, -0.2) is 41.0 Å². The van der Waals surface area contributed by atoms with Crippen molar-refractivity contribution in [2.75, 3.05) is 18.4 Å². The van der Waals surface area contributed by atoms with Crippen LogP contribution in [0.25, 0.3) is 0 Å². The zero-order valence-electron chi connectivity index (χ0n) is 18.0. The van der Waals surface area contributed by atoms with Crippen LogP contribution < -0.4 is 15.4 Å². The molecule has 0 radical (unpaired) electrons. The van der Waals surface area contributed by atoms with E-state index in [9.17, 15) is 9.59 Å². The third kappa shape index (κ3) is 6.28. The van der Waals surface area contributed by atoms with Crippen LogP contribution in [0.5, 0.6) is 5.75 Å². The van der Waals surface area contributed by atoms with Crippen molar-refractivity contribution in [3.8, 4) is 5.75 Å². The number of hydrogen-bond donors (Lipinski definition) is 2. The number of thiocarbonyl (C=S) groups is 1. The fourth-order valence-corrected chi connectivity index (χ4v) is 3.60. The first-order chi connectivity index (χ1) is 15.0. The molecule has 0 aliphatic carbocycles. The van der Waals surface area contributed by atoms with Crippen molar-refractivity contribution in [2.24, 2.45) is 0 Å². The van der Waals surface area contributed by atoms with E-state index in [-0.39, 0.29) is 23.0 Å². The highest BCUT2D eigenvalue weighted by molar-refractivity contribution is 7.80. The number of carbonyl (C=O) groups excluding carboxylic acids is 2. The second kappa shape index (κ2) is 10.9. The van der Waals surface area contributed by atoms with Crippen LogP contribution in [0.3, 0.4) is 0 Å². The summed E-state index contributed by atoms with van der Waals surface area (Å²) < 4.78 is 5.78. The molecule has 1 aliphatic rings. The summed E-state index contributed by atoms with van der Waals surface area (Å²) in [6.07, 6.45) is 4.14. The van der Waals surface area contributed by atoms with E-state index in [4.69, 9.17) is 17.0 Å². The summed E-state index contributed by atoms with van der Waals surface area (Å²) in [5.41, 5.74) is 1.57. The second-order valence-electron chi connectivity index (χ2n) is 7.67. The third-order valence-electron chi connectivity index (χ3n) is 5.28. The molecule has 2 N–H and O–H groups in total. The molecule has 0 spiro atoms. The summed E-state index contributed by atoms with van der Waals surface area (Å²) in [6, 6.07) is 14.2. The van der Waals surface area contributed by atoms with Crippen molar-refractivity contribution in [1.82, 2.24) is 10.2 Å². The van der Waals surface area contributed by atoms with Crippen LogP contribution in [0.4, 0.5) is 5.69 Å². The molecule has 1 heterocycles. The van der Waals surface area contributed by atoms with Gasteiger partial charge in [-0.15, -0.1) is 0 Å². The lowest BCUT2D eigenvalue weighted by Gasteiger charge is -2.27. The molecule has 2 aromatic carbocycles. The van der Waals surface area contributed by atoms with E-state index in [0.29, 0.717) is 22.6 Å². The number of likely N-dealkylation sites (tertiary alicyclic amines) is 1. The lowest BCUT2D eigenvalue weighted by atomic mass is 10.1. The van der Waals surface area contributed by atoms with Crippen molar-refractivity contribution in [3.63, 3.8) is 0 Å². The number of anilines is 1. The van der Waals surface area contributed by atoms with Crippen molar-refractivity contribution in [3.05, 3.63) is 59.7 Å². The summed E-state index contributed by atoms with van der Waals surface area (Å²) in [4.78, 5) is 27.5. The molecule has 0 saturated carbocycles. The smallest absolute Gasteiger partial charge is 0.257 e. The molecule has 0 bridgehead atoms. The Labute approximate surface area is 189 Å². The second-order valence-corrected chi connectivity index (χ2v) is 8.08. The molecule has 3 rings (SSSR count). The topological polar surface area (TPSA) is 70.7 Å². The average Bonchev–Trinajstić information content (AvgIpc) is 2.79. The Bertz CT molecular complexity index is 941. The molecule has 1 aliphatic heterocycles. The van der Waals surface area contributed by atoms with Gasteiger partial charge in [0.2, 0.25) is 0 Å². The Kier molecular flexibility index (Phi) is 8.00. The third-order valence-corrected chi connectivity index (χ3v) is 5.49. The van der Waals surface area contributed by atoms with Gasteiger partial charge in [0, 0.05) is 18.7 Å². The Hall–Kier alpha value is -2.93. The number of para-hydroxylation sites is 1. The van der Waals surface area contributed by atoms with E-state index in [2.05, 4.69) is 10.6 Å². The van der Waals surface area contributed by atoms with Gasteiger partial charge in [-0.3, -0.25) is 14.9 Å². The van der Waals surface area contributed by atoms with E-state index in [1.54, 1.807) is 30.3 Å². The monoisotopic (exact) mass is 439 g/mol. The van der Waals surface area contributed by atoms with Crippen LogP contribution in [0, 0.1) is 0 Å². The van der Waals surface area contributed by atoms with Crippen molar-refractivity contribution >= 4 is 34.8 Å². The number of nitrogens with one attached hydrogen (secondary N) is 2. The van der Waals surface area contributed by atoms with Gasteiger partial charge in [0.05, 0.1) is 17.4 Å². The standard InChI is InChI=1S/C24H29N3O3S/c1-3-17(2)30-19-11-9-10-18(16-19)22(28)26-24(31)25-21-13-6-5-12-20(21)23(29)27-14-7-4-8-15-27/h5-6,9-13,16-17H,3-4,7-8,14-15H2,1-2H3,(H2,25,26,28,31). The van der Waals surface area contributed by atoms with E-state index < -0.39 is 0 Å². The molecule has 7 heteroatoms. The quantitative estimate of drug-likeness (QED) is 0.643. The zero-order chi connectivity index (χ0) is 22.2. The Morgan fingerprint density at radius 1 is 1.10 bits per heavy atom. The van der Waals surface area contributed by atoms with Gasteiger partial charge in [-0.25, -0.2) is 0 Å². The molecule has 0 aromatic heterocycles. The van der Waals surface area contributed by atoms with Gasteiger partial charge in [-0.1, -0.05) is 25.1 Å². The highest BCUT2D eigenvalue weighted by atomic mass is 32.1. The summed E-state index contributed by atoms with van der Waals surface area (Å²) in [6.45, 7) is 5.56. The first kappa shape index (κ1) is 22.7. The predicted molar refractivity (Wildman–Crippen MR) is 127 cm³/mol. The fourth-order valence-electron chi connectivity index (χ4n) is 3.40. The minimum atomic E-state index is -0.341. The summed E-state index contributed by atoms with van der Waals surface area (Å²) >= 11 is 5.34. The number of nitrogens with zero attached hydrogens (tertiary/aromatic N) is 1. The number of amides is 2. The van der Waals surface area contributed by atoms with Gasteiger partial charge in [0.1, 0.15) is 5.75 Å². The van der Waals surface area contributed by atoms with Crippen LogP contribution >= 0.6 is 12.2 Å². The molecule has 164 valence electrons. The number of carbonyl (C=O) groups is 2. The van der Waals surface area contributed by atoms with Crippen LogP contribution in [-0.2, 0) is 0 Å². The zero-order valence-corrected chi connectivity index (χ0v) is 18.8. The van der Waals surface area contributed by atoms with E-state index in [1.165, 1.54) is 0 Å². The molecule has 1 unspecified atom stereocenters. The lowest BCUT2D eigenvalue weighted by Crippen LogP contribution is -2.37. The van der Waals surface area contributed by atoms with Crippen molar-refractivity contribution < 1.29 is 14.3 Å². The van der Waals surface area contributed by atoms with Gasteiger partial charge in [0.25, 0.3) is 11.8 Å². The van der Waals surface area contributed by atoms with E-state index in [1.807, 2.05) is 36.9 Å². The highest BCUT2D eigenvalue weighted by Crippen LogP contribution is 2.20. The molecule has 1 fully saturated rings. The summed E-state index contributed by atoms with van der Waals surface area (Å²) in [5, 5.41) is 5.83.